The van der Waals surface area contributed by atoms with Crippen LogP contribution in [0, 0.1) is 17.5 Å². The minimum absolute atomic E-state index is 0.324. The van der Waals surface area contributed by atoms with Gasteiger partial charge in [0.2, 0.25) is 5.91 Å². The van der Waals surface area contributed by atoms with Gasteiger partial charge in [0, 0.05) is 5.25 Å². The summed E-state index contributed by atoms with van der Waals surface area (Å²) in [5.41, 5.74) is -0.324. The van der Waals surface area contributed by atoms with E-state index in [1.807, 2.05) is 0 Å². The smallest absolute Gasteiger partial charge is 0.237 e. The van der Waals surface area contributed by atoms with Gasteiger partial charge in [0.25, 0.3) is 0 Å². The standard InChI is InChI=1S/C15H18F3NOS/c1-9(21-10-5-3-2-4-6-10)15(20)19-12-8-7-11(16)13(17)14(12)18/h7-10H,2-6H2,1H3,(H,19,20)/t9-/m1/s1. The van der Waals surface area contributed by atoms with Crippen molar-refractivity contribution in [3.8, 4) is 0 Å². The van der Waals surface area contributed by atoms with Crippen molar-refractivity contribution in [1.29, 1.82) is 0 Å². The molecule has 2 nitrogen and oxygen atoms in total. The van der Waals surface area contributed by atoms with Crippen LogP contribution in [0.3, 0.4) is 0 Å². The molecule has 116 valence electrons. The van der Waals surface area contributed by atoms with Crippen molar-refractivity contribution in [2.75, 3.05) is 5.32 Å². The van der Waals surface area contributed by atoms with Crippen molar-refractivity contribution >= 4 is 23.4 Å². The number of amides is 1. The first kappa shape index (κ1) is 16.2. The molecule has 1 N–H and O–H groups in total. The monoisotopic (exact) mass is 317 g/mol. The summed E-state index contributed by atoms with van der Waals surface area (Å²) in [6.07, 6.45) is 5.75. The second-order valence-corrected chi connectivity index (χ2v) is 6.90. The number of hydrogen-bond donors (Lipinski definition) is 1. The molecule has 21 heavy (non-hydrogen) atoms. The summed E-state index contributed by atoms with van der Waals surface area (Å²) in [6, 6.07) is 1.83. The lowest BCUT2D eigenvalue weighted by molar-refractivity contribution is -0.115. The van der Waals surface area contributed by atoms with Gasteiger partial charge in [0.15, 0.2) is 17.5 Å². The van der Waals surface area contributed by atoms with E-state index in [9.17, 15) is 18.0 Å². The minimum Gasteiger partial charge on any atom is -0.323 e. The molecule has 0 unspecified atom stereocenters. The molecule has 2 rings (SSSR count). The number of carbonyl (C=O) groups excluding carboxylic acids is 1. The summed E-state index contributed by atoms with van der Waals surface area (Å²) in [5.74, 6) is -4.59. The molecule has 1 atom stereocenters. The highest BCUT2D eigenvalue weighted by Gasteiger charge is 2.23. The van der Waals surface area contributed by atoms with E-state index in [1.165, 1.54) is 19.3 Å². The van der Waals surface area contributed by atoms with E-state index in [0.29, 0.717) is 5.25 Å². The molecule has 1 aliphatic rings. The number of nitrogens with one attached hydrogen (secondary N) is 1. The molecule has 0 aromatic heterocycles. The molecule has 1 aliphatic carbocycles. The van der Waals surface area contributed by atoms with Gasteiger partial charge < -0.3 is 5.32 Å². The van der Waals surface area contributed by atoms with Crippen LogP contribution in [0.1, 0.15) is 39.0 Å². The molecule has 0 saturated heterocycles. The molecular weight excluding hydrogens is 299 g/mol. The molecule has 0 spiro atoms. The van der Waals surface area contributed by atoms with Gasteiger partial charge in [-0.15, -0.1) is 11.8 Å². The normalized spacial score (nSPS) is 17.5. The van der Waals surface area contributed by atoms with E-state index in [2.05, 4.69) is 5.32 Å². The summed E-state index contributed by atoms with van der Waals surface area (Å²) in [6.45, 7) is 1.74. The van der Waals surface area contributed by atoms with Gasteiger partial charge in [0.1, 0.15) is 0 Å². The zero-order valence-electron chi connectivity index (χ0n) is 11.8. The van der Waals surface area contributed by atoms with Crippen molar-refractivity contribution in [1.82, 2.24) is 0 Å². The Morgan fingerprint density at radius 2 is 1.86 bits per heavy atom. The number of hydrogen-bond acceptors (Lipinski definition) is 2. The fourth-order valence-electron chi connectivity index (χ4n) is 2.41. The van der Waals surface area contributed by atoms with Crippen LogP contribution < -0.4 is 5.32 Å². The van der Waals surface area contributed by atoms with Crippen LogP contribution in [0.25, 0.3) is 0 Å². The van der Waals surface area contributed by atoms with Crippen LogP contribution in [0.15, 0.2) is 12.1 Å². The average molecular weight is 317 g/mol. The van der Waals surface area contributed by atoms with Gasteiger partial charge in [-0.05, 0) is 31.9 Å². The first-order chi connectivity index (χ1) is 9.99. The number of anilines is 1. The number of carbonyl (C=O) groups is 1. The van der Waals surface area contributed by atoms with Crippen LogP contribution >= 0.6 is 11.8 Å². The zero-order valence-corrected chi connectivity index (χ0v) is 12.6. The molecule has 0 aliphatic heterocycles. The molecule has 1 amide bonds. The molecule has 0 radical (unpaired) electrons. The topological polar surface area (TPSA) is 29.1 Å². The largest absolute Gasteiger partial charge is 0.323 e. The first-order valence-electron chi connectivity index (χ1n) is 7.09. The third-order valence-corrected chi connectivity index (χ3v) is 5.09. The maximum atomic E-state index is 13.5. The summed E-state index contributed by atoms with van der Waals surface area (Å²) in [5, 5.41) is 2.40. The number of rotatable bonds is 4. The van der Waals surface area contributed by atoms with E-state index in [4.69, 9.17) is 0 Å². The Morgan fingerprint density at radius 1 is 1.19 bits per heavy atom. The van der Waals surface area contributed by atoms with Gasteiger partial charge in [-0.2, -0.15) is 0 Å². The Kier molecular flexibility index (Phi) is 5.56. The van der Waals surface area contributed by atoms with E-state index in [0.717, 1.165) is 25.0 Å². The molecule has 6 heteroatoms. The number of benzene rings is 1. The van der Waals surface area contributed by atoms with Crippen molar-refractivity contribution in [2.45, 2.75) is 49.5 Å². The van der Waals surface area contributed by atoms with Gasteiger partial charge >= 0.3 is 0 Å². The molecule has 1 aromatic rings. The highest BCUT2D eigenvalue weighted by atomic mass is 32.2. The van der Waals surface area contributed by atoms with E-state index >= 15 is 0 Å². The number of halogens is 3. The third kappa shape index (κ3) is 4.15. The van der Waals surface area contributed by atoms with Gasteiger partial charge in [-0.3, -0.25) is 4.79 Å². The minimum atomic E-state index is -1.57. The van der Waals surface area contributed by atoms with Crippen molar-refractivity contribution in [2.24, 2.45) is 0 Å². The first-order valence-corrected chi connectivity index (χ1v) is 8.03. The van der Waals surface area contributed by atoms with Crippen molar-refractivity contribution < 1.29 is 18.0 Å². The Morgan fingerprint density at radius 3 is 2.52 bits per heavy atom. The van der Waals surface area contributed by atoms with Gasteiger partial charge in [-0.25, -0.2) is 13.2 Å². The van der Waals surface area contributed by atoms with Gasteiger partial charge in [-0.1, -0.05) is 19.3 Å². The lowest BCUT2D eigenvalue weighted by Crippen LogP contribution is -2.26. The molecule has 1 aromatic carbocycles. The summed E-state index contributed by atoms with van der Waals surface area (Å²) >= 11 is 1.56. The van der Waals surface area contributed by atoms with Crippen LogP contribution in [-0.4, -0.2) is 16.4 Å². The molecule has 0 heterocycles. The second-order valence-electron chi connectivity index (χ2n) is 5.25. The predicted molar refractivity (Wildman–Crippen MR) is 78.9 cm³/mol. The van der Waals surface area contributed by atoms with Gasteiger partial charge in [0.05, 0.1) is 10.9 Å². The SMILES string of the molecule is C[C@@H](SC1CCCCC1)C(=O)Nc1ccc(F)c(F)c1F. The summed E-state index contributed by atoms with van der Waals surface area (Å²) in [7, 11) is 0. The lowest BCUT2D eigenvalue weighted by atomic mass is 10.0. The zero-order chi connectivity index (χ0) is 15.4. The lowest BCUT2D eigenvalue weighted by Gasteiger charge is -2.23. The maximum Gasteiger partial charge on any atom is 0.237 e. The number of thioether (sulfide) groups is 1. The molecular formula is C15H18F3NOS. The Labute approximate surface area is 126 Å². The molecule has 1 saturated carbocycles. The van der Waals surface area contributed by atoms with E-state index < -0.39 is 23.4 Å². The van der Waals surface area contributed by atoms with Crippen LogP contribution in [0.5, 0.6) is 0 Å². The Bertz CT molecular complexity index is 518. The molecule has 0 bridgehead atoms. The van der Waals surface area contributed by atoms with Crippen LogP contribution in [-0.2, 0) is 4.79 Å². The Balaban J connectivity index is 1.95. The fourth-order valence-corrected chi connectivity index (χ4v) is 3.77. The van der Waals surface area contributed by atoms with Crippen LogP contribution in [0.4, 0.5) is 18.9 Å². The summed E-state index contributed by atoms with van der Waals surface area (Å²) < 4.78 is 39.4. The second kappa shape index (κ2) is 7.20. The van der Waals surface area contributed by atoms with E-state index in [-0.39, 0.29) is 10.9 Å². The molecule has 1 fully saturated rings. The van der Waals surface area contributed by atoms with Crippen LogP contribution in [0.2, 0.25) is 0 Å². The summed E-state index contributed by atoms with van der Waals surface area (Å²) in [4.78, 5) is 12.0. The average Bonchev–Trinajstić information content (AvgIpc) is 2.48. The predicted octanol–water partition coefficient (Wildman–Crippen LogP) is 4.50. The Hall–Kier alpha value is -1.17. The maximum absolute atomic E-state index is 13.5. The fraction of sp³-hybridized carbons (Fsp3) is 0.533. The van der Waals surface area contributed by atoms with Crippen molar-refractivity contribution in [3.05, 3.63) is 29.6 Å². The quantitative estimate of drug-likeness (QED) is 0.829. The highest BCUT2D eigenvalue weighted by molar-refractivity contribution is 8.01. The van der Waals surface area contributed by atoms with E-state index in [1.54, 1.807) is 18.7 Å². The third-order valence-electron chi connectivity index (χ3n) is 3.61. The highest BCUT2D eigenvalue weighted by Crippen LogP contribution is 2.31. The van der Waals surface area contributed by atoms with Crippen molar-refractivity contribution in [3.63, 3.8) is 0 Å².